The highest BCUT2D eigenvalue weighted by Gasteiger charge is 2.44. The molecular weight excluding hydrogens is 616 g/mol. The van der Waals surface area contributed by atoms with E-state index in [2.05, 4.69) is 19.8 Å². The number of methoxy groups -OCH3 is 1. The molecule has 0 aliphatic carbocycles. The number of carbonyl (C=O) groups is 3. The maximum atomic E-state index is 13.8. The predicted octanol–water partition coefficient (Wildman–Crippen LogP) is 6.38. The van der Waals surface area contributed by atoms with Gasteiger partial charge in [-0.15, -0.1) is 26.3 Å². The normalized spacial score (nSPS) is 16.6. The number of nitrogens with zero attached hydrogens (tertiary/aromatic N) is 1. The average Bonchev–Trinajstić information content (AvgIpc) is 3.34. The van der Waals surface area contributed by atoms with Gasteiger partial charge in [-0.1, -0.05) is 30.3 Å². The fourth-order valence-corrected chi connectivity index (χ4v) is 5.18. The Hall–Kier alpha value is -5.41. The number of urea groups is 1. The molecule has 16 heteroatoms. The summed E-state index contributed by atoms with van der Waals surface area (Å²) in [6, 6.07) is 10.8. The van der Waals surface area contributed by atoms with Crippen LogP contribution in [0.4, 0.5) is 36.8 Å². The largest absolute Gasteiger partial charge is 0.573 e. The van der Waals surface area contributed by atoms with Crippen LogP contribution in [0.3, 0.4) is 0 Å². The van der Waals surface area contributed by atoms with Gasteiger partial charge in [-0.05, 0) is 41.5 Å². The Kier molecular flexibility index (Phi) is 7.99. The lowest BCUT2D eigenvalue weighted by molar-refractivity contribution is -0.287. The van der Waals surface area contributed by atoms with Crippen LogP contribution in [0.5, 0.6) is 11.5 Å². The van der Waals surface area contributed by atoms with Gasteiger partial charge in [0.25, 0.3) is 0 Å². The first-order valence-corrected chi connectivity index (χ1v) is 12.9. The number of aromatic nitrogens is 1. The van der Waals surface area contributed by atoms with Crippen LogP contribution in [-0.2, 0) is 16.0 Å². The number of alkyl halides is 6. The molecule has 2 unspecified atom stereocenters. The molecule has 236 valence electrons. The first kappa shape index (κ1) is 31.0. The number of fused-ring (bicyclic) bond motifs is 3. The fraction of sp³-hybridized carbons (Fsp3) is 0.207. The number of aliphatic carboxylic acids is 1. The van der Waals surface area contributed by atoms with Gasteiger partial charge in [0, 0.05) is 34.8 Å². The number of hydrogen-bond donors (Lipinski definition) is 3. The third kappa shape index (κ3) is 6.58. The minimum Gasteiger partial charge on any atom is -0.480 e. The summed E-state index contributed by atoms with van der Waals surface area (Å²) in [7, 11) is 1.19. The van der Waals surface area contributed by atoms with Crippen molar-refractivity contribution < 1.29 is 60.0 Å². The van der Waals surface area contributed by atoms with Gasteiger partial charge in [-0.3, -0.25) is 4.90 Å². The summed E-state index contributed by atoms with van der Waals surface area (Å²) in [5.41, 5.74) is 1.73. The van der Waals surface area contributed by atoms with E-state index in [-0.39, 0.29) is 12.0 Å². The van der Waals surface area contributed by atoms with E-state index in [0.29, 0.717) is 39.9 Å². The molecule has 0 bridgehead atoms. The van der Waals surface area contributed by atoms with Crippen molar-refractivity contribution in [2.75, 3.05) is 12.4 Å². The summed E-state index contributed by atoms with van der Waals surface area (Å²) in [5.74, 6) is -4.79. The van der Waals surface area contributed by atoms with Crippen molar-refractivity contribution in [2.45, 2.75) is 31.2 Å². The number of carbonyl (C=O) groups excluding carboxylic acids is 2. The number of carboxylic acids is 1. The fourth-order valence-electron chi connectivity index (χ4n) is 5.18. The Bertz CT molecular complexity index is 1770. The topological polar surface area (TPSA) is 130 Å². The van der Waals surface area contributed by atoms with E-state index in [9.17, 15) is 45.8 Å². The van der Waals surface area contributed by atoms with Crippen LogP contribution in [0.15, 0.2) is 66.7 Å². The number of nitrogens with one attached hydrogen (secondary N) is 2. The number of H-pyrrole nitrogens is 1. The number of halogens is 6. The van der Waals surface area contributed by atoms with E-state index in [1.165, 1.54) is 31.4 Å². The highest BCUT2D eigenvalue weighted by Crippen LogP contribution is 2.42. The summed E-state index contributed by atoms with van der Waals surface area (Å²) < 4.78 is 89.4. The molecule has 0 radical (unpaired) electrons. The molecule has 1 aliphatic heterocycles. The van der Waals surface area contributed by atoms with Gasteiger partial charge in [-0.25, -0.2) is 14.4 Å². The molecule has 0 saturated heterocycles. The Morgan fingerprint density at radius 1 is 0.911 bits per heavy atom. The lowest BCUT2D eigenvalue weighted by atomic mass is 9.88. The molecule has 45 heavy (non-hydrogen) atoms. The number of rotatable bonds is 6. The molecule has 2 amide bonds. The Morgan fingerprint density at radius 3 is 2.18 bits per heavy atom. The zero-order valence-electron chi connectivity index (χ0n) is 22.8. The number of amides is 2. The Labute approximate surface area is 249 Å². The monoisotopic (exact) mass is 637 g/mol. The van der Waals surface area contributed by atoms with E-state index < -0.39 is 60.0 Å². The molecule has 1 aromatic heterocycles. The Balaban J connectivity index is 1.59. The second-order valence-corrected chi connectivity index (χ2v) is 9.73. The Morgan fingerprint density at radius 2 is 1.56 bits per heavy atom. The van der Waals surface area contributed by atoms with Gasteiger partial charge in [0.15, 0.2) is 11.5 Å². The molecular formula is C29H21F6N3O7. The molecule has 0 fully saturated rings. The lowest BCUT2D eigenvalue weighted by Crippen LogP contribution is -2.53. The van der Waals surface area contributed by atoms with Crippen LogP contribution in [-0.4, -0.2) is 58.8 Å². The van der Waals surface area contributed by atoms with E-state index >= 15 is 0 Å². The molecule has 3 aromatic carbocycles. The summed E-state index contributed by atoms with van der Waals surface area (Å²) in [5, 5.41) is 13.2. The van der Waals surface area contributed by atoms with Gasteiger partial charge in [0.2, 0.25) is 0 Å². The lowest BCUT2D eigenvalue weighted by Gasteiger charge is -2.40. The molecule has 3 N–H and O–H groups in total. The quantitative estimate of drug-likeness (QED) is 0.165. The molecule has 10 nitrogen and oxygen atoms in total. The van der Waals surface area contributed by atoms with Crippen molar-refractivity contribution in [1.82, 2.24) is 9.88 Å². The van der Waals surface area contributed by atoms with E-state index in [0.717, 1.165) is 11.0 Å². The van der Waals surface area contributed by atoms with Crippen LogP contribution in [0.1, 0.15) is 33.2 Å². The standard InChI is InChI=1S/C29H21F6N3O7/c1-43-26(41)15-8-6-14(7-9-15)24-23-18(17-4-2-3-5-19(17)37-23)13-20(25(39)40)38(24)27(42)36-16-10-11-21(44-28(30,31)32)22(12-16)45-29(33,34)35/h2-12,20,24,37H,13H2,1H3,(H,36,42)(H,39,40). The van der Waals surface area contributed by atoms with Crippen LogP contribution < -0.4 is 14.8 Å². The SMILES string of the molecule is COC(=O)c1ccc(C2c3[nH]c4ccccc4c3CC(C(=O)O)N2C(=O)Nc2ccc(OC(F)(F)F)c(OC(F)(F)F)c2)cc1. The number of carboxylic acid groups (broad SMARTS) is 1. The van der Waals surface area contributed by atoms with Crippen molar-refractivity contribution in [3.63, 3.8) is 0 Å². The minimum absolute atomic E-state index is 0.165. The van der Waals surface area contributed by atoms with Gasteiger partial charge < -0.3 is 29.6 Å². The summed E-state index contributed by atoms with van der Waals surface area (Å²) >= 11 is 0. The molecule has 1 aliphatic rings. The number of ether oxygens (including phenoxy) is 3. The summed E-state index contributed by atoms with van der Waals surface area (Å²) in [6.07, 6.45) is -10.9. The molecule has 4 aromatic rings. The van der Waals surface area contributed by atoms with Crippen molar-refractivity contribution >= 4 is 34.6 Å². The van der Waals surface area contributed by atoms with Gasteiger partial charge in [-0.2, -0.15) is 0 Å². The van der Waals surface area contributed by atoms with Gasteiger partial charge in [0.1, 0.15) is 12.1 Å². The summed E-state index contributed by atoms with van der Waals surface area (Å²) in [4.78, 5) is 42.6. The highest BCUT2D eigenvalue weighted by atomic mass is 19.4. The van der Waals surface area contributed by atoms with E-state index in [4.69, 9.17) is 4.74 Å². The second-order valence-electron chi connectivity index (χ2n) is 9.73. The van der Waals surface area contributed by atoms with Crippen molar-refractivity contribution in [3.05, 3.63) is 89.1 Å². The van der Waals surface area contributed by atoms with E-state index in [1.54, 1.807) is 24.3 Å². The van der Waals surface area contributed by atoms with Crippen LogP contribution in [0.2, 0.25) is 0 Å². The third-order valence-electron chi connectivity index (χ3n) is 6.94. The van der Waals surface area contributed by atoms with Crippen molar-refractivity contribution in [3.8, 4) is 11.5 Å². The zero-order valence-corrected chi connectivity index (χ0v) is 22.8. The zero-order chi connectivity index (χ0) is 32.7. The van der Waals surface area contributed by atoms with Crippen LogP contribution in [0, 0.1) is 0 Å². The second kappa shape index (κ2) is 11.6. The van der Waals surface area contributed by atoms with E-state index in [1.807, 2.05) is 0 Å². The number of anilines is 1. The number of benzene rings is 3. The molecule has 2 atom stereocenters. The van der Waals surface area contributed by atoms with Crippen LogP contribution in [0.25, 0.3) is 10.9 Å². The summed E-state index contributed by atoms with van der Waals surface area (Å²) in [6.45, 7) is 0. The average molecular weight is 637 g/mol. The predicted molar refractivity (Wildman–Crippen MR) is 144 cm³/mol. The smallest absolute Gasteiger partial charge is 0.480 e. The first-order valence-electron chi connectivity index (χ1n) is 12.9. The molecule has 0 saturated carbocycles. The number of esters is 1. The minimum atomic E-state index is -5.42. The van der Waals surface area contributed by atoms with Gasteiger partial charge >= 0.3 is 30.7 Å². The van der Waals surface area contributed by atoms with Gasteiger partial charge in [0.05, 0.1) is 12.7 Å². The molecule has 2 heterocycles. The molecule has 0 spiro atoms. The van der Waals surface area contributed by atoms with Crippen molar-refractivity contribution in [2.24, 2.45) is 0 Å². The maximum Gasteiger partial charge on any atom is 0.573 e. The maximum absolute atomic E-state index is 13.8. The number of aromatic amines is 1. The first-order chi connectivity index (χ1) is 21.1. The van der Waals surface area contributed by atoms with Crippen LogP contribution >= 0.6 is 0 Å². The highest BCUT2D eigenvalue weighted by molar-refractivity contribution is 5.95. The number of para-hydroxylation sites is 1. The number of hydrogen-bond acceptors (Lipinski definition) is 6. The third-order valence-corrected chi connectivity index (χ3v) is 6.94. The van der Waals surface area contributed by atoms with Crippen molar-refractivity contribution in [1.29, 1.82) is 0 Å². The molecule has 5 rings (SSSR count).